The fourth-order valence-electron chi connectivity index (χ4n) is 4.10. The minimum absolute atomic E-state index is 0.234. The number of phosphoric ester groups is 1. The first-order valence-corrected chi connectivity index (χ1v) is 13.9. The van der Waals surface area contributed by atoms with Crippen molar-refractivity contribution in [2.24, 2.45) is 0 Å². The standard InChI is InChI=1S/C32H35O4P/c1-31(2,3)27-16-10-12-18-29(27)35-37(33,36-30-19-13-11-17-28(30)32(4,5)6)34-26-22-20-25(21-23-26)24-14-8-7-9-15-24/h7-23H,1-6H3. The zero-order valence-electron chi connectivity index (χ0n) is 22.4. The highest BCUT2D eigenvalue weighted by Crippen LogP contribution is 2.53. The van der Waals surface area contributed by atoms with Crippen LogP contribution in [0, 0.1) is 0 Å². The second kappa shape index (κ2) is 10.5. The third-order valence-electron chi connectivity index (χ3n) is 5.99. The van der Waals surface area contributed by atoms with Crippen LogP contribution in [0.5, 0.6) is 17.2 Å². The van der Waals surface area contributed by atoms with Crippen molar-refractivity contribution in [2.75, 3.05) is 0 Å². The molecule has 0 aliphatic rings. The van der Waals surface area contributed by atoms with Crippen LogP contribution in [-0.4, -0.2) is 0 Å². The monoisotopic (exact) mass is 514 g/mol. The molecule has 0 heterocycles. The van der Waals surface area contributed by atoms with Gasteiger partial charge in [0.15, 0.2) is 0 Å². The Bertz CT molecular complexity index is 1320. The van der Waals surface area contributed by atoms with Crippen LogP contribution in [0.2, 0.25) is 0 Å². The summed E-state index contributed by atoms with van der Waals surface area (Å²) in [6.45, 7) is 12.5. The zero-order valence-corrected chi connectivity index (χ0v) is 23.3. The molecule has 0 saturated heterocycles. The maximum absolute atomic E-state index is 14.4. The van der Waals surface area contributed by atoms with E-state index in [9.17, 15) is 4.57 Å². The number of benzene rings is 4. The molecule has 0 N–H and O–H groups in total. The minimum atomic E-state index is -4.17. The van der Waals surface area contributed by atoms with Crippen LogP contribution in [-0.2, 0) is 15.4 Å². The molecule has 4 nitrogen and oxygen atoms in total. The van der Waals surface area contributed by atoms with Crippen LogP contribution < -0.4 is 13.6 Å². The molecule has 4 aromatic carbocycles. The summed E-state index contributed by atoms with van der Waals surface area (Å²) in [5, 5.41) is 0. The van der Waals surface area contributed by atoms with Gasteiger partial charge in [0.2, 0.25) is 0 Å². The van der Waals surface area contributed by atoms with E-state index in [0.717, 1.165) is 22.3 Å². The summed E-state index contributed by atoms with van der Waals surface area (Å²) in [7, 11) is -4.17. The third-order valence-corrected chi connectivity index (χ3v) is 7.26. The number of rotatable bonds is 7. The Balaban J connectivity index is 1.72. The molecule has 4 aromatic rings. The molecule has 0 atom stereocenters. The van der Waals surface area contributed by atoms with Gasteiger partial charge < -0.3 is 13.6 Å². The predicted octanol–water partition coefficient (Wildman–Crippen LogP) is 9.59. The van der Waals surface area contributed by atoms with Gasteiger partial charge in [0.1, 0.15) is 17.2 Å². The van der Waals surface area contributed by atoms with E-state index in [4.69, 9.17) is 13.6 Å². The van der Waals surface area contributed by atoms with Gasteiger partial charge in [-0.25, -0.2) is 0 Å². The van der Waals surface area contributed by atoms with E-state index in [1.165, 1.54) is 0 Å². The van der Waals surface area contributed by atoms with Gasteiger partial charge in [-0.15, -0.1) is 0 Å². The largest absolute Gasteiger partial charge is 0.647 e. The molecule has 0 saturated carbocycles. The van der Waals surface area contributed by atoms with Gasteiger partial charge in [-0.2, -0.15) is 4.57 Å². The molecule has 0 spiro atoms. The molecule has 0 fully saturated rings. The van der Waals surface area contributed by atoms with Crippen molar-refractivity contribution in [3.63, 3.8) is 0 Å². The fourth-order valence-corrected chi connectivity index (χ4v) is 5.39. The van der Waals surface area contributed by atoms with E-state index >= 15 is 0 Å². The van der Waals surface area contributed by atoms with Gasteiger partial charge in [0.25, 0.3) is 0 Å². The fraction of sp³-hybridized carbons (Fsp3) is 0.250. The van der Waals surface area contributed by atoms with Gasteiger partial charge in [0.05, 0.1) is 0 Å². The van der Waals surface area contributed by atoms with Crippen molar-refractivity contribution >= 4 is 7.82 Å². The summed E-state index contributed by atoms with van der Waals surface area (Å²) < 4.78 is 32.7. The van der Waals surface area contributed by atoms with E-state index in [1.807, 2.05) is 78.9 Å². The van der Waals surface area contributed by atoms with Crippen molar-refractivity contribution < 1.29 is 18.1 Å². The van der Waals surface area contributed by atoms with Crippen LogP contribution in [0.3, 0.4) is 0 Å². The average molecular weight is 515 g/mol. The number of phosphoric acid groups is 1. The predicted molar refractivity (Wildman–Crippen MR) is 152 cm³/mol. The first-order chi connectivity index (χ1) is 17.4. The summed E-state index contributed by atoms with van der Waals surface area (Å²) in [5.74, 6) is 1.32. The normalized spacial score (nSPS) is 12.2. The van der Waals surface area contributed by atoms with Crippen LogP contribution in [0.4, 0.5) is 0 Å². The van der Waals surface area contributed by atoms with Crippen LogP contribution in [0.15, 0.2) is 103 Å². The Morgan fingerprint density at radius 1 is 0.486 bits per heavy atom. The second-order valence-electron chi connectivity index (χ2n) is 11.1. The Hall–Kier alpha value is -3.49. The average Bonchev–Trinajstić information content (AvgIpc) is 2.84. The van der Waals surface area contributed by atoms with Crippen LogP contribution in [0.1, 0.15) is 52.7 Å². The van der Waals surface area contributed by atoms with Gasteiger partial charge in [0, 0.05) is 11.1 Å². The maximum Gasteiger partial charge on any atom is 0.647 e. The van der Waals surface area contributed by atoms with Crippen molar-refractivity contribution in [1.29, 1.82) is 0 Å². The van der Waals surface area contributed by atoms with E-state index in [2.05, 4.69) is 41.5 Å². The molecule has 37 heavy (non-hydrogen) atoms. The molecule has 0 aromatic heterocycles. The lowest BCUT2D eigenvalue weighted by atomic mass is 9.86. The topological polar surface area (TPSA) is 44.8 Å². The van der Waals surface area contributed by atoms with Gasteiger partial charge in [-0.1, -0.05) is 120 Å². The zero-order chi connectivity index (χ0) is 26.7. The summed E-state index contributed by atoms with van der Waals surface area (Å²) in [4.78, 5) is 0. The molecule has 0 radical (unpaired) electrons. The number of hydrogen-bond acceptors (Lipinski definition) is 4. The molecule has 5 heteroatoms. The quantitative estimate of drug-likeness (QED) is 0.230. The van der Waals surface area contributed by atoms with Crippen molar-refractivity contribution in [2.45, 2.75) is 52.4 Å². The van der Waals surface area contributed by atoms with E-state index in [1.54, 1.807) is 24.3 Å². The molecule has 4 rings (SSSR count). The Kier molecular flexibility index (Phi) is 7.52. The Labute approximate surface area is 220 Å². The lowest BCUT2D eigenvalue weighted by Crippen LogP contribution is -2.17. The van der Waals surface area contributed by atoms with E-state index < -0.39 is 7.82 Å². The summed E-state index contributed by atoms with van der Waals surface area (Å²) in [6.07, 6.45) is 0. The van der Waals surface area contributed by atoms with Crippen LogP contribution in [0.25, 0.3) is 11.1 Å². The Morgan fingerprint density at radius 2 is 0.892 bits per heavy atom. The maximum atomic E-state index is 14.4. The number of para-hydroxylation sites is 2. The minimum Gasteiger partial charge on any atom is -0.386 e. The molecule has 0 bridgehead atoms. The molecule has 0 unspecified atom stereocenters. The smallest absolute Gasteiger partial charge is 0.386 e. The summed E-state index contributed by atoms with van der Waals surface area (Å²) in [5.41, 5.74) is 3.46. The first-order valence-electron chi connectivity index (χ1n) is 12.5. The SMILES string of the molecule is CC(C)(C)c1ccccc1OP(=O)(Oc1ccc(-c2ccccc2)cc1)Oc1ccccc1C(C)(C)C. The summed E-state index contributed by atoms with van der Waals surface area (Å²) >= 11 is 0. The molecular formula is C32H35O4P. The lowest BCUT2D eigenvalue weighted by Gasteiger charge is -2.27. The van der Waals surface area contributed by atoms with Crippen LogP contribution >= 0.6 is 7.82 Å². The van der Waals surface area contributed by atoms with Crippen molar-refractivity contribution in [1.82, 2.24) is 0 Å². The molecule has 0 aliphatic carbocycles. The molecule has 0 amide bonds. The van der Waals surface area contributed by atoms with E-state index in [-0.39, 0.29) is 10.8 Å². The second-order valence-corrected chi connectivity index (χ2v) is 12.5. The van der Waals surface area contributed by atoms with Gasteiger partial charge >= 0.3 is 7.82 Å². The van der Waals surface area contributed by atoms with Crippen molar-refractivity contribution in [3.05, 3.63) is 114 Å². The molecule has 0 aliphatic heterocycles. The molecular weight excluding hydrogens is 479 g/mol. The highest BCUT2D eigenvalue weighted by molar-refractivity contribution is 7.49. The van der Waals surface area contributed by atoms with Gasteiger partial charge in [-0.3, -0.25) is 0 Å². The summed E-state index contributed by atoms with van der Waals surface area (Å²) in [6, 6.07) is 32.6. The lowest BCUT2D eigenvalue weighted by molar-refractivity contribution is 0.293. The molecule has 192 valence electrons. The first kappa shape index (κ1) is 26.6. The highest BCUT2D eigenvalue weighted by Gasteiger charge is 2.36. The van der Waals surface area contributed by atoms with E-state index in [0.29, 0.717) is 17.2 Å². The highest BCUT2D eigenvalue weighted by atomic mass is 31.2. The number of hydrogen-bond donors (Lipinski definition) is 0. The van der Waals surface area contributed by atoms with Crippen molar-refractivity contribution in [3.8, 4) is 28.4 Å². The third kappa shape index (κ3) is 6.64. The Morgan fingerprint density at radius 3 is 1.35 bits per heavy atom. The van der Waals surface area contributed by atoms with Gasteiger partial charge in [-0.05, 0) is 46.2 Å².